The first kappa shape index (κ1) is 19.5. The van der Waals surface area contributed by atoms with Gasteiger partial charge in [-0.05, 0) is 42.5 Å². The van der Waals surface area contributed by atoms with Crippen LogP contribution in [0.3, 0.4) is 0 Å². The van der Waals surface area contributed by atoms with Crippen LogP contribution in [-0.4, -0.2) is 5.52 Å². The Morgan fingerprint density at radius 3 is 1.52 bits per heavy atom. The first-order chi connectivity index (χ1) is 11.6. The molecule has 128 valence electrons. The Kier molecular flexibility index (Phi) is 6.65. The lowest BCUT2D eigenvalue weighted by Crippen LogP contribution is -2.19. The number of aryl methyl sites for hydroxylation is 3. The van der Waals surface area contributed by atoms with Crippen LogP contribution in [0.25, 0.3) is 0 Å². The lowest BCUT2D eigenvalue weighted by Gasteiger charge is -2.20. The zero-order valence-electron chi connectivity index (χ0n) is 15.0. The van der Waals surface area contributed by atoms with Crippen LogP contribution in [0.5, 0.6) is 0 Å². The maximum absolute atomic E-state index is 13.5. The van der Waals surface area contributed by atoms with Gasteiger partial charge in [0.25, 0.3) is 0 Å². The topological polar surface area (TPSA) is 17.1 Å². The Bertz CT molecular complexity index is 795. The van der Waals surface area contributed by atoms with E-state index in [1.165, 1.54) is 5.56 Å². The lowest BCUT2D eigenvalue weighted by molar-refractivity contribution is 0.108. The fraction of sp³-hybridized carbons (Fsp3) is 0.136. The Morgan fingerprint density at radius 1 is 0.720 bits per heavy atom. The molecule has 1 unspecified atom stereocenters. The summed E-state index contributed by atoms with van der Waals surface area (Å²) in [5.74, 6) is 0. The molecule has 0 amide bonds. The first-order valence-electron chi connectivity index (χ1n) is 8.10. The van der Waals surface area contributed by atoms with Crippen LogP contribution in [-0.2, 0) is 0 Å². The normalized spacial score (nSPS) is 10.4. The van der Waals surface area contributed by atoms with Crippen LogP contribution in [0, 0.1) is 20.8 Å². The van der Waals surface area contributed by atoms with Gasteiger partial charge in [0.05, 0.1) is 0 Å². The number of carbonyl (C=O) groups excluding carboxylic acids is 1. The van der Waals surface area contributed by atoms with Gasteiger partial charge < -0.3 is 0 Å². The van der Waals surface area contributed by atoms with Gasteiger partial charge in [-0.2, -0.15) is 9.90 Å². The average molecular weight is 366 g/mol. The van der Waals surface area contributed by atoms with Crippen molar-refractivity contribution >= 4 is 34.0 Å². The van der Waals surface area contributed by atoms with E-state index < -0.39 is 7.92 Å². The molecule has 0 radical (unpaired) electrons. The summed E-state index contributed by atoms with van der Waals surface area (Å²) in [6.07, 6.45) is 0. The fourth-order valence-electron chi connectivity index (χ4n) is 3.17. The zero-order valence-corrected chi connectivity index (χ0v) is 17.3. The van der Waals surface area contributed by atoms with Gasteiger partial charge in [-0.15, -0.1) is 0 Å². The fourth-order valence-corrected chi connectivity index (χ4v) is 5.45. The molecule has 0 N–H and O–H groups in total. The molecule has 0 aliphatic rings. The summed E-state index contributed by atoms with van der Waals surface area (Å²) >= 11 is 0. The molecule has 0 aliphatic heterocycles. The third-order valence-electron chi connectivity index (χ3n) is 4.12. The smallest absolute Gasteiger partial charge is 0.193 e. The van der Waals surface area contributed by atoms with Gasteiger partial charge in [-0.25, -0.2) is 0 Å². The molecule has 0 fully saturated rings. The molecule has 1 nitrogen and oxygen atoms in total. The molecule has 0 bridgehead atoms. The highest BCUT2D eigenvalue weighted by molar-refractivity contribution is 7.88. The summed E-state index contributed by atoms with van der Waals surface area (Å²) in [4.78, 5) is 13.5. The van der Waals surface area contributed by atoms with Gasteiger partial charge in [0, 0.05) is 13.5 Å². The van der Waals surface area contributed by atoms with E-state index in [9.17, 15) is 4.79 Å². The molecular formula is C22H24OP2. The van der Waals surface area contributed by atoms with Crippen molar-refractivity contribution in [1.82, 2.24) is 0 Å². The monoisotopic (exact) mass is 366 g/mol. The molecule has 0 aromatic heterocycles. The molecule has 0 heterocycles. The van der Waals surface area contributed by atoms with E-state index in [2.05, 4.69) is 43.3 Å². The van der Waals surface area contributed by atoms with Crippen LogP contribution in [0.2, 0.25) is 0 Å². The van der Waals surface area contributed by atoms with Gasteiger partial charge in [0.1, 0.15) is 0 Å². The van der Waals surface area contributed by atoms with Crippen LogP contribution < -0.4 is 10.6 Å². The number of hydrogen-bond acceptors (Lipinski definition) is 1. The molecular weight excluding hydrogens is 342 g/mol. The summed E-state index contributed by atoms with van der Waals surface area (Å²) in [5, 5.41) is 2.20. The average Bonchev–Trinajstić information content (AvgIpc) is 2.56. The molecule has 3 aromatic carbocycles. The molecule has 1 atom stereocenters. The molecule has 3 rings (SSSR count). The highest BCUT2D eigenvalue weighted by Crippen LogP contribution is 2.39. The Morgan fingerprint density at radius 2 is 1.12 bits per heavy atom. The molecule has 0 spiro atoms. The van der Waals surface area contributed by atoms with E-state index >= 15 is 0 Å². The van der Waals surface area contributed by atoms with Gasteiger partial charge in [-0.1, -0.05) is 78.4 Å². The van der Waals surface area contributed by atoms with Crippen molar-refractivity contribution in [3.05, 3.63) is 95.1 Å². The van der Waals surface area contributed by atoms with E-state index in [0.717, 1.165) is 27.3 Å². The highest BCUT2D eigenvalue weighted by atomic mass is 31.1. The second kappa shape index (κ2) is 8.52. The zero-order chi connectivity index (χ0) is 17.1. The second-order valence-corrected chi connectivity index (χ2v) is 8.20. The summed E-state index contributed by atoms with van der Waals surface area (Å²) < 4.78 is 0. The first-order valence-corrected chi connectivity index (χ1v) is 9.44. The molecule has 0 saturated heterocycles. The number of rotatable bonds is 4. The van der Waals surface area contributed by atoms with Crippen molar-refractivity contribution in [2.24, 2.45) is 0 Å². The largest absolute Gasteiger partial charge is 0.288 e. The van der Waals surface area contributed by atoms with Gasteiger partial charge in [0.15, 0.2) is 5.52 Å². The number of hydrogen-bond donors (Lipinski definition) is 0. The highest BCUT2D eigenvalue weighted by Gasteiger charge is 2.26. The van der Waals surface area contributed by atoms with E-state index in [0.29, 0.717) is 0 Å². The van der Waals surface area contributed by atoms with E-state index in [-0.39, 0.29) is 15.4 Å². The van der Waals surface area contributed by atoms with E-state index in [1.807, 2.05) is 50.2 Å². The third kappa shape index (κ3) is 4.24. The second-order valence-electron chi connectivity index (χ2n) is 6.09. The summed E-state index contributed by atoms with van der Waals surface area (Å²) in [6, 6.07) is 24.5. The third-order valence-corrected chi connectivity index (χ3v) is 6.38. The van der Waals surface area contributed by atoms with Crippen LogP contribution >= 0.6 is 17.8 Å². The Hall–Kier alpha value is -1.81. The van der Waals surface area contributed by atoms with Crippen molar-refractivity contribution in [2.45, 2.75) is 20.8 Å². The van der Waals surface area contributed by atoms with Crippen LogP contribution in [0.1, 0.15) is 27.0 Å². The summed E-state index contributed by atoms with van der Waals surface area (Å²) in [5.41, 5.74) is 4.44. The Balaban J connectivity index is 0.00000225. The summed E-state index contributed by atoms with van der Waals surface area (Å²) in [7, 11) is -1.07. The van der Waals surface area contributed by atoms with Crippen molar-refractivity contribution in [3.8, 4) is 0 Å². The van der Waals surface area contributed by atoms with Crippen molar-refractivity contribution in [1.29, 1.82) is 0 Å². The Labute approximate surface area is 154 Å². The minimum atomic E-state index is -1.07. The van der Waals surface area contributed by atoms with Gasteiger partial charge in [-0.3, -0.25) is 4.79 Å². The standard InChI is InChI=1S/C22H21OP.H3P/c1-16-14-17(2)21(18(3)15-16)22(23)24(19-10-6-4-7-11-19)20-12-8-5-9-13-20;/h4-15H,1-3H3;1H3. The molecule has 25 heavy (non-hydrogen) atoms. The van der Waals surface area contributed by atoms with E-state index in [1.54, 1.807) is 0 Å². The van der Waals surface area contributed by atoms with Crippen molar-refractivity contribution in [2.75, 3.05) is 0 Å². The quantitative estimate of drug-likeness (QED) is 0.598. The molecule has 3 aromatic rings. The van der Waals surface area contributed by atoms with Crippen LogP contribution in [0.15, 0.2) is 72.8 Å². The predicted molar refractivity (Wildman–Crippen MR) is 115 cm³/mol. The molecule has 3 heteroatoms. The maximum Gasteiger partial charge on any atom is 0.193 e. The molecule has 0 saturated carbocycles. The molecule has 0 aliphatic carbocycles. The SMILES string of the molecule is Cc1cc(C)c(C(=O)P(c2ccccc2)c2ccccc2)c(C)c1.P. The minimum absolute atomic E-state index is 0. The van der Waals surface area contributed by atoms with E-state index in [4.69, 9.17) is 0 Å². The van der Waals surface area contributed by atoms with Gasteiger partial charge >= 0.3 is 0 Å². The number of benzene rings is 3. The summed E-state index contributed by atoms with van der Waals surface area (Å²) in [6.45, 7) is 6.15. The van der Waals surface area contributed by atoms with Gasteiger partial charge in [0.2, 0.25) is 0 Å². The number of carbonyl (C=O) groups is 1. The predicted octanol–water partition coefficient (Wildman–Crippen LogP) is 4.94. The minimum Gasteiger partial charge on any atom is -0.288 e. The van der Waals surface area contributed by atoms with Crippen LogP contribution in [0.4, 0.5) is 0 Å². The lowest BCUT2D eigenvalue weighted by atomic mass is 10.0. The van der Waals surface area contributed by atoms with Crippen molar-refractivity contribution in [3.63, 3.8) is 0 Å². The maximum atomic E-state index is 13.5. The van der Waals surface area contributed by atoms with Crippen molar-refractivity contribution < 1.29 is 4.79 Å².